The van der Waals surface area contributed by atoms with Crippen molar-refractivity contribution in [1.29, 1.82) is 0 Å². The number of carbonyl (C=O) groups is 1. The summed E-state index contributed by atoms with van der Waals surface area (Å²) in [6, 6.07) is 13.1. The van der Waals surface area contributed by atoms with Crippen LogP contribution in [0.15, 0.2) is 47.3 Å². The van der Waals surface area contributed by atoms with Gasteiger partial charge in [0.15, 0.2) is 0 Å². The summed E-state index contributed by atoms with van der Waals surface area (Å²) >= 11 is 0. The average molecular weight is 310 g/mol. The van der Waals surface area contributed by atoms with Gasteiger partial charge in [-0.1, -0.05) is 30.3 Å². The first-order valence-corrected chi connectivity index (χ1v) is 7.40. The first-order chi connectivity index (χ1) is 11.0. The molecule has 3 aromatic rings. The number of hydrogen-bond acceptors (Lipinski definition) is 3. The van der Waals surface area contributed by atoms with Crippen molar-refractivity contribution in [2.75, 3.05) is 0 Å². The maximum Gasteiger partial charge on any atom is 0.331 e. The number of rotatable bonds is 3. The molecule has 0 amide bonds. The van der Waals surface area contributed by atoms with Crippen LogP contribution in [-0.2, 0) is 18.4 Å². The van der Waals surface area contributed by atoms with E-state index in [2.05, 4.69) is 0 Å². The largest absolute Gasteiger partial charge is 0.425 e. The van der Waals surface area contributed by atoms with Crippen molar-refractivity contribution in [3.8, 4) is 5.75 Å². The van der Waals surface area contributed by atoms with E-state index in [1.165, 1.54) is 9.13 Å². The zero-order valence-corrected chi connectivity index (χ0v) is 13.4. The molecule has 1 heterocycles. The summed E-state index contributed by atoms with van der Waals surface area (Å²) in [4.78, 5) is 24.6. The van der Waals surface area contributed by atoms with Gasteiger partial charge in [0.2, 0.25) is 0 Å². The maximum absolute atomic E-state index is 12.3. The lowest BCUT2D eigenvalue weighted by atomic mass is 10.1. The summed E-state index contributed by atoms with van der Waals surface area (Å²) in [6.07, 6.45) is 0. The standard InChI is InChI=1S/C18H18N2O3/c1-12-7-6-8-13(2)17(12)23-16(21)11-20-15-10-5-4-9-14(15)19(3)18(20)22/h4-10H,11H2,1-3H3. The molecule has 1 aromatic heterocycles. The third kappa shape index (κ3) is 2.65. The molecule has 0 aliphatic rings. The molecule has 2 aromatic carbocycles. The number of esters is 1. The van der Waals surface area contributed by atoms with Crippen LogP contribution in [0.3, 0.4) is 0 Å². The summed E-state index contributed by atoms with van der Waals surface area (Å²) in [5.74, 6) is 0.103. The van der Waals surface area contributed by atoms with E-state index in [-0.39, 0.29) is 12.2 Å². The van der Waals surface area contributed by atoms with Gasteiger partial charge in [-0.05, 0) is 37.1 Å². The number of aryl methyl sites for hydroxylation is 3. The lowest BCUT2D eigenvalue weighted by molar-refractivity contribution is -0.135. The molecule has 0 spiro atoms. The lowest BCUT2D eigenvalue weighted by Crippen LogP contribution is -2.27. The van der Waals surface area contributed by atoms with E-state index < -0.39 is 5.97 Å². The van der Waals surface area contributed by atoms with E-state index in [1.54, 1.807) is 7.05 Å². The first kappa shape index (κ1) is 15.1. The van der Waals surface area contributed by atoms with Gasteiger partial charge in [0, 0.05) is 7.05 Å². The minimum absolute atomic E-state index is 0.117. The van der Waals surface area contributed by atoms with Gasteiger partial charge >= 0.3 is 11.7 Å². The number of hydrogen-bond donors (Lipinski definition) is 0. The van der Waals surface area contributed by atoms with E-state index in [4.69, 9.17) is 4.74 Å². The minimum atomic E-state index is -0.458. The van der Waals surface area contributed by atoms with Gasteiger partial charge in [0.05, 0.1) is 11.0 Å². The summed E-state index contributed by atoms with van der Waals surface area (Å²) in [6.45, 7) is 3.66. The molecule has 5 nitrogen and oxygen atoms in total. The van der Waals surface area contributed by atoms with Crippen molar-refractivity contribution < 1.29 is 9.53 Å². The molecule has 0 aliphatic heterocycles. The van der Waals surface area contributed by atoms with Gasteiger partial charge in [-0.25, -0.2) is 9.59 Å². The Morgan fingerprint density at radius 1 is 1.00 bits per heavy atom. The van der Waals surface area contributed by atoms with Crippen LogP contribution in [-0.4, -0.2) is 15.1 Å². The minimum Gasteiger partial charge on any atom is -0.425 e. The van der Waals surface area contributed by atoms with Gasteiger partial charge in [-0.2, -0.15) is 0 Å². The predicted molar refractivity (Wildman–Crippen MR) is 88.7 cm³/mol. The fourth-order valence-electron chi connectivity index (χ4n) is 2.75. The molecular weight excluding hydrogens is 292 g/mol. The smallest absolute Gasteiger partial charge is 0.331 e. The Morgan fingerprint density at radius 3 is 2.26 bits per heavy atom. The number of nitrogens with zero attached hydrogens (tertiary/aromatic N) is 2. The first-order valence-electron chi connectivity index (χ1n) is 7.40. The Balaban J connectivity index is 1.93. The molecule has 0 atom stereocenters. The van der Waals surface area contributed by atoms with Crippen LogP contribution in [0.4, 0.5) is 0 Å². The zero-order chi connectivity index (χ0) is 16.6. The fraction of sp³-hybridized carbons (Fsp3) is 0.222. The van der Waals surface area contributed by atoms with Crippen molar-refractivity contribution in [3.05, 3.63) is 64.1 Å². The second kappa shape index (κ2) is 5.76. The van der Waals surface area contributed by atoms with Crippen LogP contribution in [0, 0.1) is 13.8 Å². The molecule has 0 saturated carbocycles. The van der Waals surface area contributed by atoms with Gasteiger partial charge in [0.1, 0.15) is 12.3 Å². The third-order valence-electron chi connectivity index (χ3n) is 3.96. The molecule has 0 fully saturated rings. The number of benzene rings is 2. The van der Waals surface area contributed by atoms with E-state index in [9.17, 15) is 9.59 Å². The molecule has 0 aliphatic carbocycles. The molecule has 0 radical (unpaired) electrons. The van der Waals surface area contributed by atoms with Crippen LogP contribution in [0.25, 0.3) is 11.0 Å². The third-order valence-corrected chi connectivity index (χ3v) is 3.96. The Kier molecular flexibility index (Phi) is 3.78. The Morgan fingerprint density at radius 2 is 1.61 bits per heavy atom. The number of ether oxygens (including phenoxy) is 1. The average Bonchev–Trinajstić information content (AvgIpc) is 2.77. The SMILES string of the molecule is Cc1cccc(C)c1OC(=O)Cn1c(=O)n(C)c2ccccc21. The highest BCUT2D eigenvalue weighted by atomic mass is 16.5. The summed E-state index contributed by atoms with van der Waals surface area (Å²) in [5, 5.41) is 0. The van der Waals surface area contributed by atoms with Crippen molar-refractivity contribution in [1.82, 2.24) is 9.13 Å². The molecule has 0 unspecified atom stereocenters. The molecular formula is C18H18N2O3. The van der Waals surface area contributed by atoms with Crippen molar-refractivity contribution in [2.45, 2.75) is 20.4 Å². The topological polar surface area (TPSA) is 53.2 Å². The molecule has 23 heavy (non-hydrogen) atoms. The Labute approximate surface area is 133 Å². The van der Waals surface area contributed by atoms with Gasteiger partial charge in [0.25, 0.3) is 0 Å². The van der Waals surface area contributed by atoms with E-state index >= 15 is 0 Å². The summed E-state index contributed by atoms with van der Waals surface area (Å²) in [5.41, 5.74) is 3.06. The van der Waals surface area contributed by atoms with E-state index in [0.29, 0.717) is 5.75 Å². The Bertz CT molecular complexity index is 930. The molecule has 5 heteroatoms. The molecule has 118 valence electrons. The van der Waals surface area contributed by atoms with Crippen molar-refractivity contribution >= 4 is 17.0 Å². The highest BCUT2D eigenvalue weighted by molar-refractivity contribution is 5.79. The van der Waals surface area contributed by atoms with E-state index in [0.717, 1.165) is 22.2 Å². The van der Waals surface area contributed by atoms with Crippen LogP contribution in [0.1, 0.15) is 11.1 Å². The molecule has 3 rings (SSSR count). The molecule has 0 saturated heterocycles. The highest BCUT2D eigenvalue weighted by Crippen LogP contribution is 2.22. The maximum atomic E-state index is 12.3. The van der Waals surface area contributed by atoms with Crippen LogP contribution >= 0.6 is 0 Å². The van der Waals surface area contributed by atoms with Crippen molar-refractivity contribution in [2.24, 2.45) is 7.05 Å². The predicted octanol–water partition coefficient (Wildman–Crippen LogP) is 2.56. The van der Waals surface area contributed by atoms with Crippen LogP contribution in [0.2, 0.25) is 0 Å². The second-order valence-corrected chi connectivity index (χ2v) is 5.61. The second-order valence-electron chi connectivity index (χ2n) is 5.61. The highest BCUT2D eigenvalue weighted by Gasteiger charge is 2.15. The Hall–Kier alpha value is -2.82. The summed E-state index contributed by atoms with van der Waals surface area (Å²) < 4.78 is 8.45. The van der Waals surface area contributed by atoms with Crippen LogP contribution in [0.5, 0.6) is 5.75 Å². The normalized spacial score (nSPS) is 10.9. The van der Waals surface area contributed by atoms with E-state index in [1.807, 2.05) is 56.3 Å². The molecule has 0 N–H and O–H groups in total. The lowest BCUT2D eigenvalue weighted by Gasteiger charge is -2.10. The van der Waals surface area contributed by atoms with Gasteiger partial charge in [-0.15, -0.1) is 0 Å². The van der Waals surface area contributed by atoms with Gasteiger partial charge < -0.3 is 4.74 Å². The number of carbonyl (C=O) groups excluding carboxylic acids is 1. The quantitative estimate of drug-likeness (QED) is 0.552. The number of imidazole rings is 1. The number of fused-ring (bicyclic) bond motifs is 1. The fourth-order valence-corrected chi connectivity index (χ4v) is 2.75. The zero-order valence-electron chi connectivity index (χ0n) is 13.4. The van der Waals surface area contributed by atoms with Gasteiger partial charge in [-0.3, -0.25) is 9.13 Å². The van der Waals surface area contributed by atoms with Crippen LogP contribution < -0.4 is 10.4 Å². The molecule has 0 bridgehead atoms. The number of aromatic nitrogens is 2. The monoisotopic (exact) mass is 310 g/mol. The number of para-hydroxylation sites is 3. The van der Waals surface area contributed by atoms with Crippen molar-refractivity contribution in [3.63, 3.8) is 0 Å². The summed E-state index contributed by atoms with van der Waals surface area (Å²) in [7, 11) is 1.69.